The molecule has 0 radical (unpaired) electrons. The summed E-state index contributed by atoms with van der Waals surface area (Å²) in [4.78, 5) is 12.5. The van der Waals surface area contributed by atoms with Gasteiger partial charge in [0.25, 0.3) is 5.91 Å². The molecule has 3 rings (SSSR count). The summed E-state index contributed by atoms with van der Waals surface area (Å²) in [5, 5.41) is 6.01. The minimum atomic E-state index is -0.172. The van der Waals surface area contributed by atoms with Gasteiger partial charge in [0.1, 0.15) is 5.75 Å². The van der Waals surface area contributed by atoms with Gasteiger partial charge in [0.05, 0.1) is 12.7 Å². The summed E-state index contributed by atoms with van der Waals surface area (Å²) in [5.41, 5.74) is 1.75. The first-order valence-corrected chi connectivity index (χ1v) is 9.04. The Bertz CT molecular complexity index is 918. The molecule has 0 saturated carbocycles. The SMILES string of the molecule is COc1ccc(Cl)cc1C(=O)NCC(C)Cc1cccc2ccccc12. The normalized spacial score (nSPS) is 12.0. The zero-order valence-corrected chi connectivity index (χ0v) is 15.7. The van der Waals surface area contributed by atoms with Gasteiger partial charge in [0, 0.05) is 11.6 Å². The van der Waals surface area contributed by atoms with Crippen molar-refractivity contribution < 1.29 is 9.53 Å². The summed E-state index contributed by atoms with van der Waals surface area (Å²) in [7, 11) is 1.54. The van der Waals surface area contributed by atoms with Crippen molar-refractivity contribution in [1.82, 2.24) is 5.32 Å². The van der Waals surface area contributed by atoms with Crippen LogP contribution in [0.15, 0.2) is 60.7 Å². The second kappa shape index (κ2) is 8.24. The lowest BCUT2D eigenvalue weighted by atomic mass is 9.96. The maximum Gasteiger partial charge on any atom is 0.255 e. The number of carbonyl (C=O) groups excluding carboxylic acids is 1. The largest absolute Gasteiger partial charge is 0.496 e. The van der Waals surface area contributed by atoms with Crippen molar-refractivity contribution in [3.8, 4) is 5.75 Å². The fourth-order valence-corrected chi connectivity index (χ4v) is 3.31. The molecule has 26 heavy (non-hydrogen) atoms. The van der Waals surface area contributed by atoms with Crippen molar-refractivity contribution in [3.63, 3.8) is 0 Å². The first kappa shape index (κ1) is 18.3. The van der Waals surface area contributed by atoms with E-state index in [0.29, 0.717) is 28.8 Å². The third-order valence-corrected chi connectivity index (χ3v) is 4.70. The Morgan fingerprint density at radius 1 is 1.12 bits per heavy atom. The van der Waals surface area contributed by atoms with Crippen molar-refractivity contribution in [2.75, 3.05) is 13.7 Å². The Balaban J connectivity index is 1.66. The van der Waals surface area contributed by atoms with Crippen molar-refractivity contribution in [2.24, 2.45) is 5.92 Å². The quantitative estimate of drug-likeness (QED) is 0.657. The molecule has 3 aromatic rings. The van der Waals surface area contributed by atoms with E-state index in [2.05, 4.69) is 48.6 Å². The van der Waals surface area contributed by atoms with Crippen LogP contribution in [0.1, 0.15) is 22.8 Å². The molecule has 0 aromatic heterocycles. The smallest absolute Gasteiger partial charge is 0.255 e. The number of methoxy groups -OCH3 is 1. The van der Waals surface area contributed by atoms with Gasteiger partial charge >= 0.3 is 0 Å². The summed E-state index contributed by atoms with van der Waals surface area (Å²) < 4.78 is 5.25. The first-order valence-electron chi connectivity index (χ1n) is 8.67. The predicted octanol–water partition coefficient (Wildman–Crippen LogP) is 5.11. The minimum Gasteiger partial charge on any atom is -0.496 e. The van der Waals surface area contributed by atoms with Crippen LogP contribution >= 0.6 is 11.6 Å². The molecule has 4 heteroatoms. The maximum absolute atomic E-state index is 12.5. The van der Waals surface area contributed by atoms with Gasteiger partial charge in [-0.2, -0.15) is 0 Å². The van der Waals surface area contributed by atoms with E-state index in [1.807, 2.05) is 6.07 Å². The molecular formula is C22H22ClNO2. The first-order chi connectivity index (χ1) is 12.6. The summed E-state index contributed by atoms with van der Waals surface area (Å²) in [6, 6.07) is 19.8. The molecule has 0 spiro atoms. The monoisotopic (exact) mass is 367 g/mol. The minimum absolute atomic E-state index is 0.172. The van der Waals surface area contributed by atoms with E-state index in [-0.39, 0.29) is 5.91 Å². The van der Waals surface area contributed by atoms with Crippen molar-refractivity contribution in [2.45, 2.75) is 13.3 Å². The number of nitrogens with one attached hydrogen (secondary N) is 1. The number of ether oxygens (including phenoxy) is 1. The number of fused-ring (bicyclic) bond motifs is 1. The number of carbonyl (C=O) groups is 1. The Morgan fingerprint density at radius 2 is 1.88 bits per heavy atom. The molecule has 1 N–H and O–H groups in total. The Labute approximate surface area is 158 Å². The summed E-state index contributed by atoms with van der Waals surface area (Å²) >= 11 is 6.01. The lowest BCUT2D eigenvalue weighted by molar-refractivity contribution is 0.0945. The Kier molecular flexibility index (Phi) is 5.79. The molecule has 1 amide bonds. The van der Waals surface area contributed by atoms with Gasteiger partial charge in [0.2, 0.25) is 0 Å². The third-order valence-electron chi connectivity index (χ3n) is 4.47. The molecule has 0 saturated heterocycles. The van der Waals surface area contributed by atoms with E-state index < -0.39 is 0 Å². The summed E-state index contributed by atoms with van der Waals surface area (Å²) in [5.74, 6) is 0.651. The number of amides is 1. The van der Waals surface area contributed by atoms with Crippen molar-refractivity contribution in [3.05, 3.63) is 76.8 Å². The second-order valence-electron chi connectivity index (χ2n) is 6.50. The van der Waals surface area contributed by atoms with E-state index in [4.69, 9.17) is 16.3 Å². The summed E-state index contributed by atoms with van der Waals surface area (Å²) in [6.07, 6.45) is 0.897. The van der Waals surface area contributed by atoms with E-state index >= 15 is 0 Å². The van der Waals surface area contributed by atoms with E-state index in [9.17, 15) is 4.79 Å². The molecule has 0 bridgehead atoms. The van der Waals surface area contributed by atoms with Crippen LogP contribution in [0.5, 0.6) is 5.75 Å². The zero-order valence-electron chi connectivity index (χ0n) is 15.0. The van der Waals surface area contributed by atoms with Crippen LogP contribution in [0, 0.1) is 5.92 Å². The molecule has 0 aliphatic carbocycles. The molecule has 134 valence electrons. The fourth-order valence-electron chi connectivity index (χ4n) is 3.14. The van der Waals surface area contributed by atoms with Crippen LogP contribution in [-0.2, 0) is 6.42 Å². The topological polar surface area (TPSA) is 38.3 Å². The molecule has 3 aromatic carbocycles. The number of halogens is 1. The number of hydrogen-bond donors (Lipinski definition) is 1. The fraction of sp³-hybridized carbons (Fsp3) is 0.227. The van der Waals surface area contributed by atoms with Gasteiger partial charge in [-0.3, -0.25) is 4.79 Å². The molecule has 1 atom stereocenters. The number of benzene rings is 3. The summed E-state index contributed by atoms with van der Waals surface area (Å²) in [6.45, 7) is 2.72. The lowest BCUT2D eigenvalue weighted by Gasteiger charge is -2.15. The van der Waals surface area contributed by atoms with E-state index in [0.717, 1.165) is 6.42 Å². The molecular weight excluding hydrogens is 346 g/mol. The van der Waals surface area contributed by atoms with Gasteiger partial charge in [0.15, 0.2) is 0 Å². The molecule has 0 fully saturated rings. The van der Waals surface area contributed by atoms with E-state index in [1.165, 1.54) is 16.3 Å². The van der Waals surface area contributed by atoms with Crippen molar-refractivity contribution >= 4 is 28.3 Å². The van der Waals surface area contributed by atoms with Gasteiger partial charge in [-0.25, -0.2) is 0 Å². The highest BCUT2D eigenvalue weighted by Gasteiger charge is 2.14. The maximum atomic E-state index is 12.5. The van der Waals surface area contributed by atoms with Crippen LogP contribution in [0.3, 0.4) is 0 Å². The number of hydrogen-bond acceptors (Lipinski definition) is 2. The predicted molar refractivity (Wildman–Crippen MR) is 107 cm³/mol. The molecule has 0 heterocycles. The van der Waals surface area contributed by atoms with Crippen LogP contribution in [0.4, 0.5) is 0 Å². The van der Waals surface area contributed by atoms with Gasteiger partial charge < -0.3 is 10.1 Å². The third kappa shape index (κ3) is 4.17. The van der Waals surface area contributed by atoms with Crippen LogP contribution in [0.25, 0.3) is 10.8 Å². The standard InChI is InChI=1S/C22H22ClNO2/c1-15(12-17-8-5-7-16-6-3-4-9-19(16)17)14-24-22(25)20-13-18(23)10-11-21(20)26-2/h3-11,13,15H,12,14H2,1-2H3,(H,24,25). The average molecular weight is 368 g/mol. The highest BCUT2D eigenvalue weighted by Crippen LogP contribution is 2.23. The number of rotatable bonds is 6. The molecule has 1 unspecified atom stereocenters. The van der Waals surface area contributed by atoms with Gasteiger partial charge in [-0.1, -0.05) is 61.0 Å². The van der Waals surface area contributed by atoms with Crippen LogP contribution in [0.2, 0.25) is 5.02 Å². The Morgan fingerprint density at radius 3 is 2.69 bits per heavy atom. The molecule has 3 nitrogen and oxygen atoms in total. The zero-order chi connectivity index (χ0) is 18.5. The van der Waals surface area contributed by atoms with E-state index in [1.54, 1.807) is 25.3 Å². The highest BCUT2D eigenvalue weighted by molar-refractivity contribution is 6.31. The molecule has 0 aliphatic rings. The lowest BCUT2D eigenvalue weighted by Crippen LogP contribution is -2.29. The molecule has 0 aliphatic heterocycles. The Hall–Kier alpha value is -2.52. The van der Waals surface area contributed by atoms with Crippen LogP contribution < -0.4 is 10.1 Å². The van der Waals surface area contributed by atoms with Crippen LogP contribution in [-0.4, -0.2) is 19.6 Å². The van der Waals surface area contributed by atoms with Gasteiger partial charge in [-0.15, -0.1) is 0 Å². The van der Waals surface area contributed by atoms with Gasteiger partial charge in [-0.05, 0) is 46.9 Å². The van der Waals surface area contributed by atoms with Crippen molar-refractivity contribution in [1.29, 1.82) is 0 Å². The highest BCUT2D eigenvalue weighted by atomic mass is 35.5. The second-order valence-corrected chi connectivity index (χ2v) is 6.94. The average Bonchev–Trinajstić information content (AvgIpc) is 2.66.